The Bertz CT molecular complexity index is 405. The van der Waals surface area contributed by atoms with Gasteiger partial charge in [0.2, 0.25) is 5.91 Å². The second-order valence-corrected chi connectivity index (χ2v) is 5.78. The molecule has 0 aliphatic heterocycles. The summed E-state index contributed by atoms with van der Waals surface area (Å²) in [6.07, 6.45) is 1.09. The molecule has 0 aliphatic rings. The van der Waals surface area contributed by atoms with Gasteiger partial charge in [0.05, 0.1) is 6.54 Å². The second-order valence-electron chi connectivity index (χ2n) is 4.87. The molecule has 2 N–H and O–H groups in total. The molecule has 0 bridgehead atoms. The number of anilines is 1. The van der Waals surface area contributed by atoms with Crippen molar-refractivity contribution in [2.75, 3.05) is 18.4 Å². The maximum Gasteiger partial charge on any atom is 0.238 e. The largest absolute Gasteiger partial charge is 0.325 e. The Hall–Kier alpha value is -0.870. The predicted octanol–water partition coefficient (Wildman–Crippen LogP) is 3.33. The van der Waals surface area contributed by atoms with Gasteiger partial charge in [-0.3, -0.25) is 4.79 Å². The molecular weight excluding hydrogens is 292 g/mol. The number of benzene rings is 1. The highest BCUT2D eigenvalue weighted by molar-refractivity contribution is 9.10. The van der Waals surface area contributed by atoms with Gasteiger partial charge in [0.1, 0.15) is 0 Å². The van der Waals surface area contributed by atoms with E-state index in [1.165, 1.54) is 0 Å². The number of nitrogens with one attached hydrogen (secondary N) is 2. The van der Waals surface area contributed by atoms with Crippen molar-refractivity contribution in [3.8, 4) is 0 Å². The molecule has 0 aromatic heterocycles. The van der Waals surface area contributed by atoms with Crippen LogP contribution in [0.5, 0.6) is 0 Å². The normalized spacial score (nSPS) is 10.7. The molecule has 1 rings (SSSR count). The van der Waals surface area contributed by atoms with E-state index in [9.17, 15) is 4.79 Å². The zero-order valence-corrected chi connectivity index (χ0v) is 12.8. The van der Waals surface area contributed by atoms with Gasteiger partial charge < -0.3 is 10.6 Å². The number of aryl methyl sites for hydroxylation is 1. The second kappa shape index (κ2) is 7.54. The topological polar surface area (TPSA) is 41.1 Å². The van der Waals surface area contributed by atoms with E-state index in [2.05, 4.69) is 40.4 Å². The third-order valence-electron chi connectivity index (χ3n) is 2.65. The Kier molecular flexibility index (Phi) is 6.36. The molecule has 1 aromatic rings. The van der Waals surface area contributed by atoms with Crippen molar-refractivity contribution < 1.29 is 4.79 Å². The lowest BCUT2D eigenvalue weighted by Gasteiger charge is -2.10. The highest BCUT2D eigenvalue weighted by Gasteiger charge is 2.04. The van der Waals surface area contributed by atoms with Gasteiger partial charge in [-0.05, 0) is 49.6 Å². The van der Waals surface area contributed by atoms with E-state index in [1.54, 1.807) is 0 Å². The Morgan fingerprint density at radius 1 is 1.39 bits per heavy atom. The summed E-state index contributed by atoms with van der Waals surface area (Å²) in [7, 11) is 0. The number of hydrogen-bond acceptors (Lipinski definition) is 2. The summed E-state index contributed by atoms with van der Waals surface area (Å²) in [6.45, 7) is 7.57. The maximum atomic E-state index is 11.7. The Labute approximate surface area is 117 Å². The van der Waals surface area contributed by atoms with Crippen LogP contribution < -0.4 is 10.6 Å². The minimum atomic E-state index is 0.00387. The molecule has 0 fully saturated rings. The molecular formula is C14H21BrN2O. The van der Waals surface area contributed by atoms with Gasteiger partial charge in [0.15, 0.2) is 0 Å². The van der Waals surface area contributed by atoms with E-state index in [-0.39, 0.29) is 5.91 Å². The maximum absolute atomic E-state index is 11.7. The monoisotopic (exact) mass is 312 g/mol. The first kappa shape index (κ1) is 15.2. The standard InChI is InChI=1S/C14H21BrN2O/c1-10(2)6-7-16-9-14(18)17-13-5-4-12(15)8-11(13)3/h4-5,8,10,16H,6-7,9H2,1-3H3,(H,17,18). The average molecular weight is 313 g/mol. The van der Waals surface area contributed by atoms with Crippen LogP contribution in [0.25, 0.3) is 0 Å². The molecule has 3 nitrogen and oxygen atoms in total. The molecule has 0 unspecified atom stereocenters. The Balaban J connectivity index is 2.35. The van der Waals surface area contributed by atoms with Crippen LogP contribution in [-0.4, -0.2) is 19.0 Å². The minimum Gasteiger partial charge on any atom is -0.325 e. The predicted molar refractivity (Wildman–Crippen MR) is 79.8 cm³/mol. The van der Waals surface area contributed by atoms with Crippen LogP contribution in [0.15, 0.2) is 22.7 Å². The van der Waals surface area contributed by atoms with Crippen LogP contribution in [0.2, 0.25) is 0 Å². The van der Waals surface area contributed by atoms with Crippen LogP contribution in [-0.2, 0) is 4.79 Å². The van der Waals surface area contributed by atoms with Crippen molar-refractivity contribution in [3.05, 3.63) is 28.2 Å². The van der Waals surface area contributed by atoms with E-state index < -0.39 is 0 Å². The number of amides is 1. The quantitative estimate of drug-likeness (QED) is 0.791. The Morgan fingerprint density at radius 2 is 2.11 bits per heavy atom. The smallest absolute Gasteiger partial charge is 0.238 e. The van der Waals surface area contributed by atoms with Crippen LogP contribution in [0, 0.1) is 12.8 Å². The summed E-state index contributed by atoms with van der Waals surface area (Å²) >= 11 is 3.40. The van der Waals surface area contributed by atoms with Crippen LogP contribution in [0.4, 0.5) is 5.69 Å². The highest BCUT2D eigenvalue weighted by atomic mass is 79.9. The van der Waals surface area contributed by atoms with Crippen molar-refractivity contribution in [3.63, 3.8) is 0 Å². The molecule has 1 amide bonds. The summed E-state index contributed by atoms with van der Waals surface area (Å²) < 4.78 is 1.02. The zero-order chi connectivity index (χ0) is 13.5. The lowest BCUT2D eigenvalue weighted by molar-refractivity contribution is -0.115. The summed E-state index contributed by atoms with van der Waals surface area (Å²) in [5.74, 6) is 0.665. The molecule has 0 saturated heterocycles. The lowest BCUT2D eigenvalue weighted by Crippen LogP contribution is -2.29. The minimum absolute atomic E-state index is 0.00387. The molecule has 0 saturated carbocycles. The van der Waals surface area contributed by atoms with Gasteiger partial charge >= 0.3 is 0 Å². The van der Waals surface area contributed by atoms with Crippen LogP contribution in [0.1, 0.15) is 25.8 Å². The summed E-state index contributed by atoms with van der Waals surface area (Å²) in [5.41, 5.74) is 1.92. The van der Waals surface area contributed by atoms with Crippen molar-refractivity contribution in [1.29, 1.82) is 0 Å². The first-order valence-corrected chi connectivity index (χ1v) is 7.05. The molecule has 0 atom stereocenters. The molecule has 0 spiro atoms. The van der Waals surface area contributed by atoms with Crippen molar-refractivity contribution in [1.82, 2.24) is 5.32 Å². The van der Waals surface area contributed by atoms with Gasteiger partial charge in [-0.2, -0.15) is 0 Å². The van der Waals surface area contributed by atoms with Gasteiger partial charge in [-0.25, -0.2) is 0 Å². The van der Waals surface area contributed by atoms with E-state index in [4.69, 9.17) is 0 Å². The molecule has 4 heteroatoms. The SMILES string of the molecule is Cc1cc(Br)ccc1NC(=O)CNCCC(C)C. The van der Waals surface area contributed by atoms with Gasteiger partial charge in [0.25, 0.3) is 0 Å². The van der Waals surface area contributed by atoms with E-state index in [0.717, 1.165) is 28.7 Å². The summed E-state index contributed by atoms with van der Waals surface area (Å²) in [4.78, 5) is 11.7. The molecule has 100 valence electrons. The zero-order valence-electron chi connectivity index (χ0n) is 11.2. The van der Waals surface area contributed by atoms with E-state index in [0.29, 0.717) is 12.5 Å². The number of carbonyl (C=O) groups is 1. The fourth-order valence-electron chi connectivity index (χ4n) is 1.55. The first-order chi connectivity index (χ1) is 8.49. The van der Waals surface area contributed by atoms with E-state index in [1.807, 2.05) is 25.1 Å². The van der Waals surface area contributed by atoms with Crippen LogP contribution in [0.3, 0.4) is 0 Å². The highest BCUT2D eigenvalue weighted by Crippen LogP contribution is 2.19. The van der Waals surface area contributed by atoms with Gasteiger partial charge in [-0.15, -0.1) is 0 Å². The molecule has 0 heterocycles. The third-order valence-corrected chi connectivity index (χ3v) is 3.14. The number of rotatable bonds is 6. The molecule has 0 aliphatic carbocycles. The van der Waals surface area contributed by atoms with E-state index >= 15 is 0 Å². The fraction of sp³-hybridized carbons (Fsp3) is 0.500. The van der Waals surface area contributed by atoms with Crippen molar-refractivity contribution in [2.24, 2.45) is 5.92 Å². The molecule has 0 radical (unpaired) electrons. The average Bonchev–Trinajstić information content (AvgIpc) is 2.28. The summed E-state index contributed by atoms with van der Waals surface area (Å²) in [5, 5.41) is 6.05. The summed E-state index contributed by atoms with van der Waals surface area (Å²) in [6, 6.07) is 5.82. The Morgan fingerprint density at radius 3 is 2.72 bits per heavy atom. The number of carbonyl (C=O) groups excluding carboxylic acids is 1. The van der Waals surface area contributed by atoms with Crippen molar-refractivity contribution in [2.45, 2.75) is 27.2 Å². The van der Waals surface area contributed by atoms with Crippen molar-refractivity contribution >= 4 is 27.5 Å². The van der Waals surface area contributed by atoms with Gasteiger partial charge in [-0.1, -0.05) is 29.8 Å². The lowest BCUT2D eigenvalue weighted by atomic mass is 10.1. The molecule has 1 aromatic carbocycles. The molecule has 18 heavy (non-hydrogen) atoms. The fourth-order valence-corrected chi connectivity index (χ4v) is 2.03. The number of hydrogen-bond donors (Lipinski definition) is 2. The van der Waals surface area contributed by atoms with Gasteiger partial charge in [0, 0.05) is 10.2 Å². The number of halogens is 1. The third kappa shape index (κ3) is 5.65. The first-order valence-electron chi connectivity index (χ1n) is 6.25. The van der Waals surface area contributed by atoms with Crippen LogP contribution >= 0.6 is 15.9 Å².